The summed E-state index contributed by atoms with van der Waals surface area (Å²) >= 11 is 0. The molecule has 0 radical (unpaired) electrons. The van der Waals surface area contributed by atoms with Gasteiger partial charge >= 0.3 is 0 Å². The molecular weight excluding hydrogens is 399 g/mol. The molecule has 0 saturated carbocycles. The summed E-state index contributed by atoms with van der Waals surface area (Å²) in [7, 11) is 0. The first kappa shape index (κ1) is 21.8. The van der Waals surface area contributed by atoms with Crippen molar-refractivity contribution >= 4 is 11.8 Å². The van der Waals surface area contributed by atoms with Crippen LogP contribution >= 0.6 is 0 Å². The monoisotopic (exact) mass is 428 g/mol. The van der Waals surface area contributed by atoms with E-state index in [1.807, 2.05) is 42.6 Å². The van der Waals surface area contributed by atoms with Crippen LogP contribution in [0, 0.1) is 5.82 Å². The Kier molecular flexibility index (Phi) is 6.40. The lowest BCUT2D eigenvalue weighted by molar-refractivity contribution is 0.290. The quantitative estimate of drug-likeness (QED) is 0.443. The highest BCUT2D eigenvalue weighted by molar-refractivity contribution is 6.10. The lowest BCUT2D eigenvalue weighted by atomic mass is 9.87. The molecule has 1 heterocycles. The molecule has 3 aromatic carbocycles. The van der Waals surface area contributed by atoms with E-state index in [9.17, 15) is 4.39 Å². The van der Waals surface area contributed by atoms with E-state index in [0.29, 0.717) is 13.3 Å². The number of halogens is 1. The summed E-state index contributed by atoms with van der Waals surface area (Å²) in [6, 6.07) is 23.6. The number of benzene rings is 3. The molecule has 0 aliphatic carbocycles. The molecule has 4 rings (SSSR count). The number of hydrogen-bond donors (Lipinski definition) is 0. The standard InChI is InChI=1S/C28H29FN2O/c1-28(2,3)25-12-9-21(10-13-25)17-31-18-24(16-30-20-31)23-11-14-27(26(29)15-23)32-19-22-7-5-4-6-8-22/h4-16,18H,17,19-20H2,1-3H3. The molecule has 0 amide bonds. The van der Waals surface area contributed by atoms with Crippen LogP contribution in [0.3, 0.4) is 0 Å². The van der Waals surface area contributed by atoms with Crippen LogP contribution in [0.4, 0.5) is 4.39 Å². The average molecular weight is 429 g/mol. The van der Waals surface area contributed by atoms with Crippen molar-refractivity contribution in [2.45, 2.75) is 39.3 Å². The predicted octanol–water partition coefficient (Wildman–Crippen LogP) is 6.59. The predicted molar refractivity (Wildman–Crippen MR) is 129 cm³/mol. The maximum absolute atomic E-state index is 14.7. The van der Waals surface area contributed by atoms with E-state index in [0.717, 1.165) is 23.2 Å². The number of allylic oxidation sites excluding steroid dienone is 1. The number of rotatable bonds is 6. The van der Waals surface area contributed by atoms with Gasteiger partial charge < -0.3 is 9.64 Å². The summed E-state index contributed by atoms with van der Waals surface area (Å²) in [5.74, 6) is -0.121. The second-order valence-corrected chi connectivity index (χ2v) is 9.15. The largest absolute Gasteiger partial charge is 0.486 e. The van der Waals surface area contributed by atoms with Crippen LogP contribution in [0.15, 0.2) is 84.0 Å². The molecule has 0 bridgehead atoms. The molecule has 3 aromatic rings. The Labute approximate surface area is 189 Å². The number of aliphatic imine (C=N–C) groups is 1. The molecular formula is C28H29FN2O. The molecule has 1 aliphatic rings. The van der Waals surface area contributed by atoms with Crippen LogP contribution < -0.4 is 4.74 Å². The highest BCUT2D eigenvalue weighted by Crippen LogP contribution is 2.26. The summed E-state index contributed by atoms with van der Waals surface area (Å²) in [5, 5.41) is 0. The molecule has 0 saturated heterocycles. The first-order chi connectivity index (χ1) is 15.4. The third-order valence-corrected chi connectivity index (χ3v) is 5.52. The molecule has 0 unspecified atom stereocenters. The van der Waals surface area contributed by atoms with E-state index in [2.05, 4.69) is 54.9 Å². The summed E-state index contributed by atoms with van der Waals surface area (Å²) < 4.78 is 20.3. The van der Waals surface area contributed by atoms with Gasteiger partial charge in [-0.1, -0.05) is 81.4 Å². The van der Waals surface area contributed by atoms with Crippen molar-refractivity contribution in [2.24, 2.45) is 4.99 Å². The molecule has 1 aliphatic heterocycles. The zero-order valence-corrected chi connectivity index (χ0v) is 18.9. The maximum Gasteiger partial charge on any atom is 0.165 e. The van der Waals surface area contributed by atoms with E-state index < -0.39 is 0 Å². The Balaban J connectivity index is 1.43. The second-order valence-electron chi connectivity index (χ2n) is 9.15. The van der Waals surface area contributed by atoms with Gasteiger partial charge in [-0.2, -0.15) is 0 Å². The van der Waals surface area contributed by atoms with Gasteiger partial charge in [0.15, 0.2) is 11.6 Å². The van der Waals surface area contributed by atoms with E-state index in [1.54, 1.807) is 12.3 Å². The normalized spacial score (nSPS) is 13.8. The van der Waals surface area contributed by atoms with Crippen molar-refractivity contribution < 1.29 is 9.13 Å². The van der Waals surface area contributed by atoms with Gasteiger partial charge in [0.1, 0.15) is 13.3 Å². The summed E-state index contributed by atoms with van der Waals surface area (Å²) in [5.41, 5.74) is 5.36. The van der Waals surface area contributed by atoms with Crippen molar-refractivity contribution in [3.63, 3.8) is 0 Å². The maximum atomic E-state index is 14.7. The van der Waals surface area contributed by atoms with Crippen molar-refractivity contribution in [1.29, 1.82) is 0 Å². The van der Waals surface area contributed by atoms with E-state index in [-0.39, 0.29) is 17.0 Å². The fraction of sp³-hybridized carbons (Fsp3) is 0.250. The minimum absolute atomic E-state index is 0.141. The minimum Gasteiger partial charge on any atom is -0.486 e. The van der Waals surface area contributed by atoms with Crippen molar-refractivity contribution in [3.05, 3.63) is 107 Å². The minimum atomic E-state index is -0.373. The van der Waals surface area contributed by atoms with Gasteiger partial charge in [0.2, 0.25) is 0 Å². The van der Waals surface area contributed by atoms with Crippen LogP contribution in [0.5, 0.6) is 5.75 Å². The fourth-order valence-electron chi connectivity index (χ4n) is 3.64. The first-order valence-corrected chi connectivity index (χ1v) is 10.9. The summed E-state index contributed by atoms with van der Waals surface area (Å²) in [4.78, 5) is 6.61. The van der Waals surface area contributed by atoms with Crippen LogP contribution in [0.2, 0.25) is 0 Å². The van der Waals surface area contributed by atoms with Gasteiger partial charge in [0.25, 0.3) is 0 Å². The van der Waals surface area contributed by atoms with E-state index >= 15 is 0 Å². The van der Waals surface area contributed by atoms with Crippen LogP contribution in [0.25, 0.3) is 5.57 Å². The fourth-order valence-corrected chi connectivity index (χ4v) is 3.64. The third-order valence-electron chi connectivity index (χ3n) is 5.52. The Bertz CT molecular complexity index is 1110. The van der Waals surface area contributed by atoms with Gasteiger partial charge in [-0.3, -0.25) is 4.99 Å². The highest BCUT2D eigenvalue weighted by atomic mass is 19.1. The van der Waals surface area contributed by atoms with Crippen molar-refractivity contribution in [2.75, 3.05) is 6.67 Å². The number of ether oxygens (including phenoxy) is 1. The Morgan fingerprint density at radius 1 is 0.938 bits per heavy atom. The summed E-state index contributed by atoms with van der Waals surface area (Å²) in [6.07, 6.45) is 3.85. The Hall–Kier alpha value is -3.40. The molecule has 3 nitrogen and oxygen atoms in total. The number of hydrogen-bond acceptors (Lipinski definition) is 3. The second kappa shape index (κ2) is 9.39. The molecule has 164 valence electrons. The average Bonchev–Trinajstić information content (AvgIpc) is 2.79. The van der Waals surface area contributed by atoms with Gasteiger partial charge in [-0.15, -0.1) is 0 Å². The van der Waals surface area contributed by atoms with Gasteiger partial charge in [-0.25, -0.2) is 4.39 Å². The highest BCUT2D eigenvalue weighted by Gasteiger charge is 2.14. The van der Waals surface area contributed by atoms with Gasteiger partial charge in [0, 0.05) is 24.5 Å². The molecule has 0 spiro atoms. The van der Waals surface area contributed by atoms with Gasteiger partial charge in [-0.05, 0) is 39.8 Å². The van der Waals surface area contributed by atoms with E-state index in [4.69, 9.17) is 4.74 Å². The molecule has 0 N–H and O–H groups in total. The van der Waals surface area contributed by atoms with Crippen LogP contribution in [-0.2, 0) is 18.6 Å². The molecule has 32 heavy (non-hydrogen) atoms. The summed E-state index contributed by atoms with van der Waals surface area (Å²) in [6.45, 7) is 8.33. The zero-order valence-electron chi connectivity index (χ0n) is 18.9. The lowest BCUT2D eigenvalue weighted by Gasteiger charge is -2.24. The Morgan fingerprint density at radius 2 is 1.69 bits per heavy atom. The first-order valence-electron chi connectivity index (χ1n) is 10.9. The third kappa shape index (κ3) is 5.44. The lowest BCUT2D eigenvalue weighted by Crippen LogP contribution is -2.21. The SMILES string of the molecule is CC(C)(C)c1ccc(CN2C=C(c3ccc(OCc4ccccc4)c(F)c3)C=NC2)cc1. The topological polar surface area (TPSA) is 24.8 Å². The van der Waals surface area contributed by atoms with Crippen molar-refractivity contribution in [1.82, 2.24) is 4.90 Å². The van der Waals surface area contributed by atoms with Crippen LogP contribution in [-0.4, -0.2) is 17.8 Å². The molecule has 0 fully saturated rings. The molecule has 0 aromatic heterocycles. The van der Waals surface area contributed by atoms with Crippen LogP contribution in [0.1, 0.15) is 43.0 Å². The number of nitrogens with zero attached hydrogens (tertiary/aromatic N) is 2. The molecule has 0 atom stereocenters. The van der Waals surface area contributed by atoms with Gasteiger partial charge in [0.05, 0.1) is 0 Å². The molecule has 4 heteroatoms. The Morgan fingerprint density at radius 3 is 2.38 bits per heavy atom. The smallest absolute Gasteiger partial charge is 0.165 e. The zero-order chi connectivity index (χ0) is 22.6. The van der Waals surface area contributed by atoms with Crippen molar-refractivity contribution in [3.8, 4) is 5.75 Å². The van der Waals surface area contributed by atoms with E-state index in [1.165, 1.54) is 17.2 Å².